The molecule has 4 aromatic carbocycles. The molecule has 1 fully saturated rings. The van der Waals surface area contributed by atoms with E-state index in [1.54, 1.807) is 84.0 Å². The Labute approximate surface area is 642 Å². The summed E-state index contributed by atoms with van der Waals surface area (Å²) in [6.07, 6.45) is 8.62. The first-order valence-electron chi connectivity index (χ1n) is 37.6. The molecule has 29 heteroatoms. The van der Waals surface area contributed by atoms with Gasteiger partial charge < -0.3 is 95.8 Å². The summed E-state index contributed by atoms with van der Waals surface area (Å²) in [5.41, 5.74) is 6.41. The molecular weight excluding hydrogens is 1430 g/mol. The Kier molecular flexibility index (Phi) is 26.7. The van der Waals surface area contributed by atoms with Crippen LogP contribution in [0.25, 0.3) is 33.3 Å². The predicted molar refractivity (Wildman–Crippen MR) is 413 cm³/mol. The number of piperidine rings is 1. The quantitative estimate of drug-likeness (QED) is 0.0123. The normalized spacial score (nSPS) is 24.2. The van der Waals surface area contributed by atoms with Gasteiger partial charge >= 0.3 is 17.8 Å². The maximum Gasteiger partial charge on any atom is 0.312 e. The number of urea groups is 1. The third-order valence-electron chi connectivity index (χ3n) is 21.4. The van der Waals surface area contributed by atoms with E-state index in [9.17, 15) is 59.1 Å². The van der Waals surface area contributed by atoms with Crippen LogP contribution in [0.2, 0.25) is 0 Å². The average Bonchev–Trinajstić information content (AvgIpc) is 1.65. The molecule has 7 amide bonds. The second kappa shape index (κ2) is 35.9. The lowest BCUT2D eigenvalue weighted by Gasteiger charge is -2.38. The number of unbranched alkanes of at least 4 members (excludes halogenated alkanes) is 2. The highest BCUT2D eigenvalue weighted by Gasteiger charge is 2.50. The van der Waals surface area contributed by atoms with Gasteiger partial charge in [-0.1, -0.05) is 90.5 Å². The summed E-state index contributed by atoms with van der Waals surface area (Å²) >= 11 is 0. The number of esters is 1. The number of allylic oxidation sites excluding steroid dienone is 2. The number of benzene rings is 5. The molecule has 12 atom stereocenters. The van der Waals surface area contributed by atoms with Gasteiger partial charge in [-0.2, -0.15) is 0 Å². The molecule has 0 aromatic heterocycles. The van der Waals surface area contributed by atoms with Crippen molar-refractivity contribution < 1.29 is 92.0 Å². The number of methoxy groups -OCH3 is 1. The minimum atomic E-state index is -2.15. The lowest BCUT2D eigenvalue weighted by Crippen LogP contribution is -2.54. The van der Waals surface area contributed by atoms with Crippen molar-refractivity contribution in [3.05, 3.63) is 141 Å². The number of ether oxygens (including phenoxy) is 5. The number of aliphatic hydroxyl groups excluding tert-OH is 3. The number of aliphatic hydroxyl groups is 3. The number of aromatic hydroxyl groups is 2. The number of carbonyl (C=O) groups excluding carboxylic acids is 8. The molecule has 10 rings (SSSR count). The van der Waals surface area contributed by atoms with Crippen molar-refractivity contribution in [2.75, 3.05) is 48.8 Å². The van der Waals surface area contributed by atoms with Crippen molar-refractivity contribution in [3.8, 4) is 34.5 Å². The summed E-state index contributed by atoms with van der Waals surface area (Å²) in [5.74, 6) is -9.69. The van der Waals surface area contributed by atoms with Gasteiger partial charge in [0, 0.05) is 123 Å². The van der Waals surface area contributed by atoms with E-state index in [0.29, 0.717) is 75.3 Å². The van der Waals surface area contributed by atoms with Crippen molar-refractivity contribution in [3.63, 3.8) is 0 Å². The van der Waals surface area contributed by atoms with Crippen molar-refractivity contribution in [2.45, 2.75) is 182 Å². The summed E-state index contributed by atoms with van der Waals surface area (Å²) in [4.78, 5) is 129. The van der Waals surface area contributed by atoms with Crippen LogP contribution in [0.15, 0.2) is 118 Å². The van der Waals surface area contributed by atoms with Crippen LogP contribution in [0.1, 0.15) is 147 Å². The molecule has 6 aliphatic rings. The van der Waals surface area contributed by atoms with Crippen LogP contribution >= 0.6 is 0 Å². The summed E-state index contributed by atoms with van der Waals surface area (Å²) in [7, 11) is 1.42. The maximum absolute atomic E-state index is 15.2. The molecule has 5 heterocycles. The van der Waals surface area contributed by atoms with Crippen molar-refractivity contribution in [1.29, 1.82) is 0 Å². The van der Waals surface area contributed by atoms with Crippen molar-refractivity contribution in [1.82, 2.24) is 25.8 Å². The smallest absolute Gasteiger partial charge is 0.312 e. The van der Waals surface area contributed by atoms with E-state index in [-0.39, 0.29) is 106 Å². The number of phenolic OH excluding ortho intramolecular Hbond substituents is 2. The summed E-state index contributed by atoms with van der Waals surface area (Å²) in [6, 6.07) is 15.3. The van der Waals surface area contributed by atoms with Crippen LogP contribution in [0.3, 0.4) is 0 Å². The SMILES string of the molecule is CO[C@H]1/C=C/O[C@@]2(C)Oc3c(C)c(O)c4c(=O)c(c5oc6cc(N7CCC(c8ccc(OCc9ccc(NC(=O)[C@H](CCCNC(N)=O)NC(=O)[C@@H](NC(=O)CCCCCN%10C(=O)C=CC%10O)C(C)C)cc9)cc8)CC7)cc(O)c6nc-5c4c3C2=O)NC(=O)/C(C)=C\C=C\[C@H](C)[C@H](O)[C@@H](C)[C@@H](O)[C@@H](C)[C@H](OC(C)=O)[C@@H]1C. The number of anilines is 3. The number of nitrogens with one attached hydrogen (secondary N) is 5. The number of hydrogen-bond acceptors (Lipinski definition) is 22. The van der Waals surface area contributed by atoms with Crippen LogP contribution in [-0.4, -0.2) is 165 Å². The number of rotatable bonds is 23. The largest absolute Gasteiger partial charge is 0.507 e. The lowest BCUT2D eigenvalue weighted by molar-refractivity contribution is -0.160. The summed E-state index contributed by atoms with van der Waals surface area (Å²) in [5, 5.41) is 70.4. The van der Waals surface area contributed by atoms with Gasteiger partial charge in [0.05, 0.1) is 35.5 Å². The second-order valence-corrected chi connectivity index (χ2v) is 29.7. The van der Waals surface area contributed by atoms with Gasteiger partial charge in [-0.3, -0.25) is 38.4 Å². The number of carbonyl (C=O) groups is 8. The van der Waals surface area contributed by atoms with Gasteiger partial charge in [0.15, 0.2) is 11.3 Å². The number of fused-ring (bicyclic) bond motifs is 2. The second-order valence-electron chi connectivity index (χ2n) is 29.7. The average molecular weight is 1530 g/mol. The monoisotopic (exact) mass is 1530 g/mol. The van der Waals surface area contributed by atoms with E-state index in [1.165, 1.54) is 76.3 Å². The van der Waals surface area contributed by atoms with E-state index in [4.69, 9.17) is 38.8 Å². The van der Waals surface area contributed by atoms with Gasteiger partial charge in [-0.05, 0) is 112 Å². The molecule has 111 heavy (non-hydrogen) atoms. The minimum Gasteiger partial charge on any atom is -0.507 e. The molecule has 1 unspecified atom stereocenters. The fourth-order valence-electron chi connectivity index (χ4n) is 14.8. The molecule has 4 aromatic rings. The van der Waals surface area contributed by atoms with Crippen molar-refractivity contribution in [2.24, 2.45) is 35.3 Å². The number of amides is 7. The molecule has 1 aliphatic carbocycles. The third-order valence-corrected chi connectivity index (χ3v) is 21.4. The first-order chi connectivity index (χ1) is 52.8. The van der Waals surface area contributed by atoms with Crippen molar-refractivity contribution >= 4 is 86.3 Å². The van der Waals surface area contributed by atoms with Crippen LogP contribution in [0.4, 0.5) is 21.9 Å². The molecule has 0 spiro atoms. The molecule has 29 nitrogen and oxygen atoms in total. The zero-order chi connectivity index (χ0) is 80.4. The van der Waals surface area contributed by atoms with Gasteiger partial charge in [-0.25, -0.2) is 9.78 Å². The number of nitrogens with two attached hydrogens (primary N) is 1. The first kappa shape index (κ1) is 82.6. The number of aromatic nitrogens is 1. The fraction of sp³-hybridized carbons (Fsp3) is 0.463. The van der Waals surface area contributed by atoms with E-state index in [0.717, 1.165) is 11.1 Å². The van der Waals surface area contributed by atoms with Crippen LogP contribution in [0, 0.1) is 36.5 Å². The number of primary amides is 1. The Bertz CT molecular complexity index is 4620. The first-order valence-corrected chi connectivity index (χ1v) is 37.6. The molecule has 0 saturated carbocycles. The maximum atomic E-state index is 15.2. The highest BCUT2D eigenvalue weighted by Crippen LogP contribution is 2.51. The summed E-state index contributed by atoms with van der Waals surface area (Å²) in [6.45, 7) is 17.7. The number of nitrogens with zero attached hydrogens (tertiary/aromatic N) is 3. The fourth-order valence-corrected chi connectivity index (χ4v) is 14.8. The summed E-state index contributed by atoms with van der Waals surface area (Å²) < 4.78 is 37.0. The van der Waals surface area contributed by atoms with Crippen LogP contribution < -0.4 is 52.1 Å². The molecule has 0 radical (unpaired) electrons. The molecular formula is C82H101N9O20. The Morgan fingerprint density at radius 3 is 2.21 bits per heavy atom. The number of hydrogen-bond donors (Lipinski definition) is 11. The van der Waals surface area contributed by atoms with Gasteiger partial charge in [-0.15, -0.1) is 0 Å². The van der Waals surface area contributed by atoms with Gasteiger partial charge in [0.1, 0.15) is 70.9 Å². The third kappa shape index (κ3) is 18.9. The predicted octanol–water partition coefficient (Wildman–Crippen LogP) is 8.91. The Morgan fingerprint density at radius 1 is 0.838 bits per heavy atom. The minimum absolute atomic E-state index is 0.0108. The van der Waals surface area contributed by atoms with Gasteiger partial charge in [0.25, 0.3) is 11.7 Å². The number of ketones is 1. The molecule has 5 aliphatic heterocycles. The zero-order valence-electron chi connectivity index (χ0n) is 64.3. The molecule has 594 valence electrons. The highest BCUT2D eigenvalue weighted by atomic mass is 16.7. The Morgan fingerprint density at radius 2 is 1.55 bits per heavy atom. The van der Waals surface area contributed by atoms with Gasteiger partial charge in [0.2, 0.25) is 29.1 Å². The topological polar surface area (TPSA) is 420 Å². The van der Waals surface area contributed by atoms with Crippen LogP contribution in [-0.2, 0) is 49.6 Å². The zero-order valence-corrected chi connectivity index (χ0v) is 64.3. The van der Waals surface area contributed by atoms with E-state index in [1.807, 2.05) is 24.3 Å². The Hall–Kier alpha value is -10.9. The van der Waals surface area contributed by atoms with E-state index in [2.05, 4.69) is 31.5 Å². The van der Waals surface area contributed by atoms with E-state index < -0.39 is 130 Å². The highest BCUT2D eigenvalue weighted by molar-refractivity contribution is 6.22. The Balaban J connectivity index is 0.821. The van der Waals surface area contributed by atoms with Crippen LogP contribution in [0.5, 0.6) is 23.0 Å². The molecule has 4 bridgehead atoms. The number of phenols is 2. The standard InChI is InChI=1S/C82H101N9O20/c1-42(2)66(87-60(94)20-13-12-14-35-91-61(95)29-30-62(91)96)80(104)86-56(19-16-34-84-81(83)105)79(103)85-53-25-21-50(22-26-53)41-107-55-27-23-51(24-28-55)52-31-36-90(37-32-52)54-39-57(93)67-59(40-54)110-76-68(88-67)63-64-72(99)48(8)75-65(63)77(101)82(10,111-75)108-38-33-58(106-11)45(5)74(109-49(9)92)47(7)71(98)46(6)70(97)43(3)17-15-18-44(4)78(102)89-69(76)73(64)100/h15,17-18,21-30,33,38-40,42-43,45-47,52,56,58,61,66,70-71,74,93,95,97-99H,12-14,16,19-20,31-32,34-37,41H2,1-11H3,(H,85,103)(H,86,104)(H,87,94)(H,89,102)(H3,83,84,105)/b17-15+,38-33+,44-18-/t43-,45+,46+,47+,56-,58-,61?,66-,70-,71+,74+,82-/m0/s1. The number of Topliss-reactive ketones (excluding diaryl/α,β-unsaturated/α-hetero) is 1. The molecule has 12 N–H and O–H groups in total. The lowest BCUT2D eigenvalue weighted by atomic mass is 9.78. The molecule has 1 saturated heterocycles. The van der Waals surface area contributed by atoms with E-state index >= 15 is 9.59 Å².